The van der Waals surface area contributed by atoms with E-state index in [9.17, 15) is 9.59 Å². The van der Waals surface area contributed by atoms with Gasteiger partial charge in [0, 0.05) is 32.2 Å². The molecule has 8 heteroatoms. The smallest absolute Gasteiger partial charge is 0.261 e. The minimum absolute atomic E-state index is 0.101. The first kappa shape index (κ1) is 22.4. The summed E-state index contributed by atoms with van der Waals surface area (Å²) in [5.41, 5.74) is 0.745. The summed E-state index contributed by atoms with van der Waals surface area (Å²) in [6.07, 6.45) is 0. The fourth-order valence-electron chi connectivity index (χ4n) is 2.55. The maximum absolute atomic E-state index is 12.6. The van der Waals surface area contributed by atoms with Crippen LogP contribution in [-0.4, -0.2) is 59.9 Å². The van der Waals surface area contributed by atoms with E-state index in [1.807, 2.05) is 24.3 Å². The number of carbonyl (C=O) groups is 2. The molecule has 2 rings (SSSR count). The van der Waals surface area contributed by atoms with Crippen LogP contribution in [0.3, 0.4) is 0 Å². The molecule has 1 N–H and O–H groups in total. The predicted molar refractivity (Wildman–Crippen MR) is 111 cm³/mol. The number of hydrogen-bond donors (Lipinski definition) is 1. The van der Waals surface area contributed by atoms with Crippen molar-refractivity contribution in [3.05, 3.63) is 42.1 Å². The third-order valence-electron chi connectivity index (χ3n) is 4.27. The number of amides is 2. The molecule has 0 unspecified atom stereocenters. The summed E-state index contributed by atoms with van der Waals surface area (Å²) in [4.78, 5) is 26.5. The summed E-state index contributed by atoms with van der Waals surface area (Å²) >= 11 is 0. The van der Waals surface area contributed by atoms with Crippen molar-refractivity contribution in [3.8, 4) is 5.75 Å². The molecule has 0 bridgehead atoms. The average molecular weight is 402 g/mol. The topological polar surface area (TPSA) is 85.7 Å². The maximum atomic E-state index is 12.6. The quantitative estimate of drug-likeness (QED) is 0.695. The van der Waals surface area contributed by atoms with Crippen molar-refractivity contribution in [1.29, 1.82) is 0 Å². The number of carbonyl (C=O) groups excluding carboxylic acids is 2. The van der Waals surface area contributed by atoms with Gasteiger partial charge in [-0.1, -0.05) is 39.0 Å². The van der Waals surface area contributed by atoms with Crippen molar-refractivity contribution in [1.82, 2.24) is 14.7 Å². The van der Waals surface area contributed by atoms with Crippen molar-refractivity contribution in [2.75, 3.05) is 38.7 Å². The van der Waals surface area contributed by atoms with Gasteiger partial charge in [0.25, 0.3) is 5.91 Å². The van der Waals surface area contributed by atoms with Gasteiger partial charge in [-0.05, 0) is 12.1 Å². The van der Waals surface area contributed by atoms with Gasteiger partial charge in [-0.25, -0.2) is 0 Å². The number of methoxy groups -OCH3 is 1. The summed E-state index contributed by atoms with van der Waals surface area (Å²) in [6.45, 7) is 6.53. The van der Waals surface area contributed by atoms with Crippen LogP contribution in [0.4, 0.5) is 5.82 Å². The summed E-state index contributed by atoms with van der Waals surface area (Å²) in [6, 6.07) is 10.9. The average Bonchev–Trinajstić information content (AvgIpc) is 3.04. The second kappa shape index (κ2) is 10.1. The molecule has 2 aromatic rings. The fraction of sp³-hybridized carbons (Fsp3) is 0.476. The first-order valence-corrected chi connectivity index (χ1v) is 9.49. The molecule has 1 heterocycles. The molecular weight excluding hydrogens is 372 g/mol. The molecule has 2 amide bonds. The van der Waals surface area contributed by atoms with Crippen molar-refractivity contribution in [2.45, 2.75) is 26.2 Å². The van der Waals surface area contributed by atoms with Gasteiger partial charge in [0.1, 0.15) is 18.1 Å². The van der Waals surface area contributed by atoms with Crippen LogP contribution in [0.1, 0.15) is 26.5 Å². The van der Waals surface area contributed by atoms with E-state index in [0.29, 0.717) is 24.7 Å². The molecule has 29 heavy (non-hydrogen) atoms. The monoisotopic (exact) mass is 402 g/mol. The Hall–Kier alpha value is -2.87. The molecule has 0 saturated heterocycles. The van der Waals surface area contributed by atoms with Crippen molar-refractivity contribution < 1.29 is 19.1 Å². The van der Waals surface area contributed by atoms with Gasteiger partial charge in [-0.3, -0.25) is 14.3 Å². The second-order valence-corrected chi connectivity index (χ2v) is 7.75. The summed E-state index contributed by atoms with van der Waals surface area (Å²) in [5.74, 6) is 0.584. The molecule has 0 atom stereocenters. The number of ether oxygens (including phenoxy) is 2. The summed E-state index contributed by atoms with van der Waals surface area (Å²) in [7, 11) is 3.32. The molecule has 0 aliphatic heterocycles. The lowest BCUT2D eigenvalue weighted by atomic mass is 9.92. The van der Waals surface area contributed by atoms with Crippen LogP contribution in [0, 0.1) is 0 Å². The van der Waals surface area contributed by atoms with E-state index in [4.69, 9.17) is 9.47 Å². The Labute approximate surface area is 171 Å². The Balaban J connectivity index is 1.98. The van der Waals surface area contributed by atoms with Gasteiger partial charge in [-0.15, -0.1) is 0 Å². The van der Waals surface area contributed by atoms with E-state index in [-0.39, 0.29) is 30.4 Å². The van der Waals surface area contributed by atoms with E-state index >= 15 is 0 Å². The maximum Gasteiger partial charge on any atom is 0.261 e. The number of hydrogen-bond acceptors (Lipinski definition) is 5. The second-order valence-electron chi connectivity index (χ2n) is 7.75. The van der Waals surface area contributed by atoms with Crippen molar-refractivity contribution in [3.63, 3.8) is 0 Å². The van der Waals surface area contributed by atoms with Crippen LogP contribution in [0.2, 0.25) is 0 Å². The van der Waals surface area contributed by atoms with Gasteiger partial charge < -0.3 is 19.7 Å². The zero-order chi connectivity index (χ0) is 21.4. The highest BCUT2D eigenvalue weighted by Gasteiger charge is 2.21. The van der Waals surface area contributed by atoms with Gasteiger partial charge in [0.05, 0.1) is 12.3 Å². The van der Waals surface area contributed by atoms with E-state index in [2.05, 4.69) is 31.2 Å². The highest BCUT2D eigenvalue weighted by molar-refractivity contribution is 5.94. The summed E-state index contributed by atoms with van der Waals surface area (Å²) < 4.78 is 12.2. The van der Waals surface area contributed by atoms with Gasteiger partial charge >= 0.3 is 0 Å². The van der Waals surface area contributed by atoms with Crippen LogP contribution in [-0.2, 0) is 26.8 Å². The number of nitrogens with one attached hydrogen (secondary N) is 1. The molecule has 0 fully saturated rings. The van der Waals surface area contributed by atoms with Gasteiger partial charge in [0.15, 0.2) is 6.61 Å². The Morgan fingerprint density at radius 3 is 2.48 bits per heavy atom. The third kappa shape index (κ3) is 6.90. The number of aryl methyl sites for hydroxylation is 1. The molecule has 0 aliphatic rings. The standard InChI is InChI=1S/C21H30N4O4/c1-21(2,3)17-13-18(24(4)23-17)22-19(26)14-25(11-12-28-5)20(27)15-29-16-9-7-6-8-10-16/h6-10,13H,11-12,14-15H2,1-5H3,(H,22,26). The van der Waals surface area contributed by atoms with Crippen LogP contribution >= 0.6 is 0 Å². The van der Waals surface area contributed by atoms with Gasteiger partial charge in [0.2, 0.25) is 5.91 Å². The lowest BCUT2D eigenvalue weighted by Crippen LogP contribution is -2.42. The van der Waals surface area contributed by atoms with Gasteiger partial charge in [-0.2, -0.15) is 5.10 Å². The highest BCUT2D eigenvalue weighted by atomic mass is 16.5. The zero-order valence-corrected chi connectivity index (χ0v) is 17.8. The SMILES string of the molecule is COCCN(CC(=O)Nc1cc(C(C)(C)C)nn1C)C(=O)COc1ccccc1. The molecule has 0 radical (unpaired) electrons. The lowest BCUT2D eigenvalue weighted by molar-refractivity contribution is -0.137. The molecular formula is C21H30N4O4. The van der Waals surface area contributed by atoms with Crippen LogP contribution < -0.4 is 10.1 Å². The number of nitrogens with zero attached hydrogens (tertiary/aromatic N) is 3. The van der Waals surface area contributed by atoms with Crippen LogP contribution in [0.5, 0.6) is 5.75 Å². The molecule has 0 saturated carbocycles. The Morgan fingerprint density at radius 1 is 1.21 bits per heavy atom. The molecule has 158 valence electrons. The minimum atomic E-state index is -0.308. The number of rotatable bonds is 9. The van der Waals surface area contributed by atoms with E-state index in [1.165, 1.54) is 4.90 Å². The fourth-order valence-corrected chi connectivity index (χ4v) is 2.55. The van der Waals surface area contributed by atoms with E-state index in [1.54, 1.807) is 31.0 Å². The number of anilines is 1. The molecule has 1 aromatic carbocycles. The van der Waals surface area contributed by atoms with E-state index < -0.39 is 0 Å². The van der Waals surface area contributed by atoms with E-state index in [0.717, 1.165) is 5.69 Å². The molecule has 8 nitrogen and oxygen atoms in total. The molecule has 0 spiro atoms. The normalized spacial score (nSPS) is 11.2. The minimum Gasteiger partial charge on any atom is -0.484 e. The van der Waals surface area contributed by atoms with Crippen molar-refractivity contribution in [2.24, 2.45) is 7.05 Å². The molecule has 0 aliphatic carbocycles. The third-order valence-corrected chi connectivity index (χ3v) is 4.27. The van der Waals surface area contributed by atoms with Crippen molar-refractivity contribution >= 4 is 17.6 Å². The zero-order valence-electron chi connectivity index (χ0n) is 17.8. The number of para-hydroxylation sites is 1. The highest BCUT2D eigenvalue weighted by Crippen LogP contribution is 2.23. The largest absolute Gasteiger partial charge is 0.484 e. The Bertz CT molecular complexity index is 812. The summed E-state index contributed by atoms with van der Waals surface area (Å²) in [5, 5.41) is 7.27. The number of aromatic nitrogens is 2. The Morgan fingerprint density at radius 2 is 1.90 bits per heavy atom. The predicted octanol–water partition coefficient (Wildman–Crippen LogP) is 2.21. The van der Waals surface area contributed by atoms with Crippen LogP contribution in [0.25, 0.3) is 0 Å². The molecule has 1 aromatic heterocycles. The first-order valence-electron chi connectivity index (χ1n) is 9.49. The first-order chi connectivity index (χ1) is 13.7. The Kier molecular flexibility index (Phi) is 7.78. The van der Waals surface area contributed by atoms with Crippen LogP contribution in [0.15, 0.2) is 36.4 Å². The number of benzene rings is 1. The lowest BCUT2D eigenvalue weighted by Gasteiger charge is -2.22.